The number of aryl methyl sites for hydroxylation is 1. The number of benzene rings is 2. The lowest BCUT2D eigenvalue weighted by Crippen LogP contribution is -2.26. The van der Waals surface area contributed by atoms with Crippen LogP contribution in [0.25, 0.3) is 5.69 Å². The Labute approximate surface area is 156 Å². The van der Waals surface area contributed by atoms with E-state index >= 15 is 0 Å². The van der Waals surface area contributed by atoms with E-state index < -0.39 is 14.9 Å². The van der Waals surface area contributed by atoms with Gasteiger partial charge in [0.1, 0.15) is 0 Å². The van der Waals surface area contributed by atoms with Crippen molar-refractivity contribution in [1.82, 2.24) is 14.5 Å². The maximum absolute atomic E-state index is 12.4. The van der Waals surface area contributed by atoms with Crippen LogP contribution in [0.15, 0.2) is 65.8 Å². The molecular weight excluding hydrogens is 368 g/mol. The summed E-state index contributed by atoms with van der Waals surface area (Å²) in [5, 5.41) is 15.1. The van der Waals surface area contributed by atoms with Crippen molar-refractivity contribution in [2.75, 3.05) is 6.54 Å². The maximum Gasteiger partial charge on any atom is 0.273 e. The Morgan fingerprint density at radius 2 is 1.93 bits per heavy atom. The topological polar surface area (TPSA) is 107 Å². The Bertz CT molecular complexity index is 1050. The molecule has 0 amide bonds. The maximum atomic E-state index is 12.4. The van der Waals surface area contributed by atoms with Crippen molar-refractivity contribution in [2.24, 2.45) is 0 Å². The van der Waals surface area contributed by atoms with Crippen LogP contribution >= 0.6 is 0 Å². The molecule has 8 nitrogen and oxygen atoms in total. The van der Waals surface area contributed by atoms with Crippen LogP contribution in [0, 0.1) is 17.0 Å². The summed E-state index contributed by atoms with van der Waals surface area (Å²) in [5.41, 5.74) is 2.07. The van der Waals surface area contributed by atoms with Gasteiger partial charge in [-0.2, -0.15) is 5.10 Å². The van der Waals surface area contributed by atoms with E-state index in [9.17, 15) is 18.5 Å². The molecule has 27 heavy (non-hydrogen) atoms. The van der Waals surface area contributed by atoms with Crippen LogP contribution in [-0.2, 0) is 16.4 Å². The van der Waals surface area contributed by atoms with Crippen molar-refractivity contribution < 1.29 is 13.3 Å². The lowest BCUT2D eigenvalue weighted by Gasteiger charge is -2.08. The molecular formula is C18H18N4O4S. The van der Waals surface area contributed by atoms with E-state index in [1.54, 1.807) is 17.8 Å². The van der Waals surface area contributed by atoms with Gasteiger partial charge in [-0.1, -0.05) is 18.2 Å². The van der Waals surface area contributed by atoms with Gasteiger partial charge in [0.05, 0.1) is 15.5 Å². The van der Waals surface area contributed by atoms with Crippen molar-refractivity contribution in [3.05, 3.63) is 82.2 Å². The van der Waals surface area contributed by atoms with E-state index in [-0.39, 0.29) is 17.1 Å². The second kappa shape index (κ2) is 7.68. The zero-order valence-electron chi connectivity index (χ0n) is 14.6. The Balaban J connectivity index is 1.64. The minimum Gasteiger partial charge on any atom is -0.258 e. The fourth-order valence-electron chi connectivity index (χ4n) is 2.60. The molecule has 0 saturated heterocycles. The smallest absolute Gasteiger partial charge is 0.258 e. The summed E-state index contributed by atoms with van der Waals surface area (Å²) in [4.78, 5) is 10.3. The van der Waals surface area contributed by atoms with E-state index in [1.807, 2.05) is 36.5 Å². The van der Waals surface area contributed by atoms with Crippen molar-refractivity contribution in [1.29, 1.82) is 0 Å². The van der Waals surface area contributed by atoms with Crippen LogP contribution in [-0.4, -0.2) is 29.7 Å². The molecule has 1 N–H and O–H groups in total. The lowest BCUT2D eigenvalue weighted by molar-refractivity contribution is -0.385. The third-order valence-electron chi connectivity index (χ3n) is 4.10. The van der Waals surface area contributed by atoms with Gasteiger partial charge in [-0.05, 0) is 43.2 Å². The highest BCUT2D eigenvalue weighted by molar-refractivity contribution is 7.89. The Morgan fingerprint density at radius 3 is 2.56 bits per heavy atom. The van der Waals surface area contributed by atoms with E-state index in [1.165, 1.54) is 12.1 Å². The monoisotopic (exact) mass is 386 g/mol. The van der Waals surface area contributed by atoms with Gasteiger partial charge in [0.2, 0.25) is 10.0 Å². The summed E-state index contributed by atoms with van der Waals surface area (Å²) in [6.07, 6.45) is 4.02. The molecule has 3 aromatic rings. The van der Waals surface area contributed by atoms with Crippen molar-refractivity contribution in [3.8, 4) is 5.69 Å². The molecule has 9 heteroatoms. The quantitative estimate of drug-likeness (QED) is 0.496. The molecule has 1 aromatic heterocycles. The third kappa shape index (κ3) is 4.39. The largest absolute Gasteiger partial charge is 0.273 e. The predicted octanol–water partition coefficient (Wildman–Crippen LogP) is 2.61. The number of rotatable bonds is 7. The highest BCUT2D eigenvalue weighted by atomic mass is 32.2. The van der Waals surface area contributed by atoms with Crippen molar-refractivity contribution in [2.45, 2.75) is 18.2 Å². The zero-order valence-corrected chi connectivity index (χ0v) is 15.4. The van der Waals surface area contributed by atoms with Crippen LogP contribution in [0.4, 0.5) is 5.69 Å². The normalized spacial score (nSPS) is 11.4. The summed E-state index contributed by atoms with van der Waals surface area (Å²) < 4.78 is 29.0. The number of hydrogen-bond donors (Lipinski definition) is 1. The average Bonchev–Trinajstić information content (AvgIpc) is 3.17. The van der Waals surface area contributed by atoms with Crippen LogP contribution in [0.3, 0.4) is 0 Å². The molecule has 1 heterocycles. The minimum atomic E-state index is -3.82. The first kappa shape index (κ1) is 18.7. The first-order chi connectivity index (χ1) is 12.9. The summed E-state index contributed by atoms with van der Waals surface area (Å²) in [6.45, 7) is 1.75. The first-order valence-corrected chi connectivity index (χ1v) is 9.69. The standard InChI is InChI=1S/C18H18N4O4S/c1-14-3-8-17(13-18(14)22(23)24)27(25,26)20-11-9-15-4-6-16(7-5-15)21-12-2-10-19-21/h2-8,10,12-13,20H,9,11H2,1H3. The summed E-state index contributed by atoms with van der Waals surface area (Å²) in [7, 11) is -3.82. The summed E-state index contributed by atoms with van der Waals surface area (Å²) in [6, 6.07) is 13.3. The van der Waals surface area contributed by atoms with E-state index in [0.29, 0.717) is 12.0 Å². The summed E-state index contributed by atoms with van der Waals surface area (Å²) >= 11 is 0. The molecule has 0 unspecified atom stereocenters. The highest BCUT2D eigenvalue weighted by Crippen LogP contribution is 2.22. The van der Waals surface area contributed by atoms with Gasteiger partial charge in [-0.15, -0.1) is 0 Å². The molecule has 0 aliphatic rings. The van der Waals surface area contributed by atoms with Gasteiger partial charge >= 0.3 is 0 Å². The number of sulfonamides is 1. The molecule has 0 atom stereocenters. The van der Waals surface area contributed by atoms with E-state index in [4.69, 9.17) is 0 Å². The summed E-state index contributed by atoms with van der Waals surface area (Å²) in [5.74, 6) is 0. The SMILES string of the molecule is Cc1ccc(S(=O)(=O)NCCc2ccc(-n3cccn3)cc2)cc1[N+](=O)[O-]. The molecule has 0 fully saturated rings. The highest BCUT2D eigenvalue weighted by Gasteiger charge is 2.19. The predicted molar refractivity (Wildman–Crippen MR) is 100 cm³/mol. The van der Waals surface area contributed by atoms with Gasteiger partial charge in [0, 0.05) is 30.6 Å². The van der Waals surface area contributed by atoms with Crippen molar-refractivity contribution >= 4 is 15.7 Å². The Morgan fingerprint density at radius 1 is 1.19 bits per heavy atom. The number of nitrogens with one attached hydrogen (secondary N) is 1. The van der Waals surface area contributed by atoms with Crippen LogP contribution < -0.4 is 4.72 Å². The third-order valence-corrected chi connectivity index (χ3v) is 5.56. The molecule has 0 spiro atoms. The number of nitro benzene ring substituents is 1. The van der Waals surface area contributed by atoms with E-state index in [0.717, 1.165) is 17.3 Å². The molecule has 0 aliphatic heterocycles. The van der Waals surface area contributed by atoms with Gasteiger partial charge in [0.25, 0.3) is 5.69 Å². The number of nitrogens with zero attached hydrogens (tertiary/aromatic N) is 3. The number of aromatic nitrogens is 2. The minimum absolute atomic E-state index is 0.117. The molecule has 0 radical (unpaired) electrons. The number of nitro groups is 1. The zero-order chi connectivity index (χ0) is 19.4. The van der Waals surface area contributed by atoms with Gasteiger partial charge in [-0.25, -0.2) is 17.8 Å². The Hall–Kier alpha value is -3.04. The average molecular weight is 386 g/mol. The molecule has 0 saturated carbocycles. The van der Waals surface area contributed by atoms with Crippen LogP contribution in [0.5, 0.6) is 0 Å². The molecule has 0 bridgehead atoms. The molecule has 140 valence electrons. The van der Waals surface area contributed by atoms with Gasteiger partial charge in [0.15, 0.2) is 0 Å². The molecule has 2 aromatic carbocycles. The second-order valence-electron chi connectivity index (χ2n) is 5.97. The van der Waals surface area contributed by atoms with E-state index in [2.05, 4.69) is 9.82 Å². The fourth-order valence-corrected chi connectivity index (χ4v) is 3.65. The number of hydrogen-bond acceptors (Lipinski definition) is 5. The Kier molecular flexibility index (Phi) is 5.33. The second-order valence-corrected chi connectivity index (χ2v) is 7.74. The van der Waals surface area contributed by atoms with Crippen LogP contribution in [0.2, 0.25) is 0 Å². The molecule has 0 aliphatic carbocycles. The molecule has 3 rings (SSSR count). The fraction of sp³-hybridized carbons (Fsp3) is 0.167. The van der Waals surface area contributed by atoms with Crippen molar-refractivity contribution in [3.63, 3.8) is 0 Å². The van der Waals surface area contributed by atoms with Gasteiger partial charge < -0.3 is 0 Å². The van der Waals surface area contributed by atoms with Crippen LogP contribution in [0.1, 0.15) is 11.1 Å². The first-order valence-electron chi connectivity index (χ1n) is 8.20. The van der Waals surface area contributed by atoms with Gasteiger partial charge in [-0.3, -0.25) is 10.1 Å². The lowest BCUT2D eigenvalue weighted by atomic mass is 10.1.